The lowest BCUT2D eigenvalue weighted by Gasteiger charge is -2.29. The summed E-state index contributed by atoms with van der Waals surface area (Å²) in [5.41, 5.74) is 2.82. The van der Waals surface area contributed by atoms with Gasteiger partial charge in [-0.05, 0) is 63.2 Å². The number of aryl methyl sites for hydroxylation is 2. The number of nitrogens with zero attached hydrogens (tertiary/aromatic N) is 3. The van der Waals surface area contributed by atoms with Crippen LogP contribution < -0.4 is 10.1 Å². The summed E-state index contributed by atoms with van der Waals surface area (Å²) in [6, 6.07) is 15.7. The number of nitrogens with one attached hydrogen (secondary N) is 1. The number of hydrogen-bond acceptors (Lipinski definition) is 4. The van der Waals surface area contributed by atoms with Crippen LogP contribution in [0, 0.1) is 6.92 Å². The Hall–Kier alpha value is -2.86. The van der Waals surface area contributed by atoms with Gasteiger partial charge in [0.05, 0.1) is 11.0 Å². The van der Waals surface area contributed by atoms with Crippen molar-refractivity contribution in [3.05, 3.63) is 54.4 Å². The predicted octanol–water partition coefficient (Wildman–Crippen LogP) is 3.85. The molecule has 1 aliphatic rings. The summed E-state index contributed by atoms with van der Waals surface area (Å²) in [5.74, 6) is 1.78. The number of hydrogen-bond donors (Lipinski definition) is 1. The normalized spacial score (nSPS) is 15.5. The lowest BCUT2D eigenvalue weighted by atomic mass is 10.1. The standard InChI is InChI=1S/C23H28N4O2/c1-17-24-21-5-3-4-6-22(21)27(17)16-13-23(28)25-18-7-9-19(10-8-18)29-20-11-14-26(2)15-12-20/h3-10,20H,11-16H2,1-2H3,(H,25,28). The summed E-state index contributed by atoms with van der Waals surface area (Å²) >= 11 is 0. The Morgan fingerprint density at radius 2 is 1.86 bits per heavy atom. The van der Waals surface area contributed by atoms with Gasteiger partial charge in [-0.15, -0.1) is 0 Å². The number of amides is 1. The van der Waals surface area contributed by atoms with E-state index in [1.807, 2.05) is 55.5 Å². The van der Waals surface area contributed by atoms with Gasteiger partial charge in [-0.3, -0.25) is 4.79 Å². The summed E-state index contributed by atoms with van der Waals surface area (Å²) in [6.45, 7) is 4.73. The van der Waals surface area contributed by atoms with Crippen LogP contribution in [0.15, 0.2) is 48.5 Å². The number of carbonyl (C=O) groups excluding carboxylic acids is 1. The van der Waals surface area contributed by atoms with Crippen LogP contribution in [0.5, 0.6) is 5.75 Å². The molecule has 1 aliphatic heterocycles. The Bertz CT molecular complexity index is 972. The molecule has 1 N–H and O–H groups in total. The highest BCUT2D eigenvalue weighted by Gasteiger charge is 2.18. The molecule has 6 nitrogen and oxygen atoms in total. The maximum Gasteiger partial charge on any atom is 0.226 e. The SMILES string of the molecule is Cc1nc2ccccc2n1CCC(=O)Nc1ccc(OC2CCN(C)CC2)cc1. The Kier molecular flexibility index (Phi) is 5.81. The van der Waals surface area contributed by atoms with E-state index in [4.69, 9.17) is 4.74 Å². The lowest BCUT2D eigenvalue weighted by molar-refractivity contribution is -0.116. The van der Waals surface area contributed by atoms with Gasteiger partial charge < -0.3 is 19.5 Å². The molecular weight excluding hydrogens is 364 g/mol. The fourth-order valence-electron chi connectivity index (χ4n) is 3.83. The van der Waals surface area contributed by atoms with Crippen molar-refractivity contribution in [2.24, 2.45) is 0 Å². The van der Waals surface area contributed by atoms with Crippen molar-refractivity contribution in [3.8, 4) is 5.75 Å². The molecular formula is C23H28N4O2. The van der Waals surface area contributed by atoms with Crippen LogP contribution >= 0.6 is 0 Å². The number of para-hydroxylation sites is 2. The second kappa shape index (κ2) is 8.66. The first-order valence-corrected chi connectivity index (χ1v) is 10.3. The molecule has 6 heteroatoms. The molecule has 0 aliphatic carbocycles. The number of benzene rings is 2. The zero-order valence-electron chi connectivity index (χ0n) is 17.1. The maximum atomic E-state index is 12.4. The van der Waals surface area contributed by atoms with E-state index in [0.29, 0.717) is 13.0 Å². The van der Waals surface area contributed by atoms with E-state index in [2.05, 4.69) is 26.8 Å². The van der Waals surface area contributed by atoms with Crippen molar-refractivity contribution in [2.75, 3.05) is 25.5 Å². The molecule has 2 aromatic carbocycles. The Labute approximate surface area is 171 Å². The summed E-state index contributed by atoms with van der Waals surface area (Å²) in [4.78, 5) is 19.3. The molecule has 0 atom stereocenters. The van der Waals surface area contributed by atoms with Gasteiger partial charge in [-0.2, -0.15) is 0 Å². The van der Waals surface area contributed by atoms with Gasteiger partial charge in [-0.1, -0.05) is 12.1 Å². The van der Waals surface area contributed by atoms with Crippen molar-refractivity contribution in [1.82, 2.24) is 14.5 Å². The highest BCUT2D eigenvalue weighted by molar-refractivity contribution is 5.90. The minimum atomic E-state index is -0.00818. The van der Waals surface area contributed by atoms with E-state index in [0.717, 1.165) is 54.2 Å². The summed E-state index contributed by atoms with van der Waals surface area (Å²) < 4.78 is 8.16. The molecule has 2 heterocycles. The van der Waals surface area contributed by atoms with E-state index >= 15 is 0 Å². The van der Waals surface area contributed by atoms with Gasteiger partial charge >= 0.3 is 0 Å². The average molecular weight is 393 g/mol. The topological polar surface area (TPSA) is 59.4 Å². The summed E-state index contributed by atoms with van der Waals surface area (Å²) in [6.07, 6.45) is 2.78. The zero-order valence-corrected chi connectivity index (χ0v) is 17.1. The van der Waals surface area contributed by atoms with Crippen LogP contribution in [-0.4, -0.2) is 46.6 Å². The quantitative estimate of drug-likeness (QED) is 0.692. The van der Waals surface area contributed by atoms with Crippen molar-refractivity contribution in [3.63, 3.8) is 0 Å². The van der Waals surface area contributed by atoms with Gasteiger partial charge in [0.1, 0.15) is 17.7 Å². The van der Waals surface area contributed by atoms with Gasteiger partial charge in [0, 0.05) is 31.7 Å². The number of fused-ring (bicyclic) bond motifs is 1. The van der Waals surface area contributed by atoms with E-state index in [1.54, 1.807) is 0 Å². The molecule has 0 saturated carbocycles. The molecule has 1 amide bonds. The van der Waals surface area contributed by atoms with E-state index in [-0.39, 0.29) is 12.0 Å². The number of anilines is 1. The molecule has 0 radical (unpaired) electrons. The van der Waals surface area contributed by atoms with Crippen LogP contribution in [0.1, 0.15) is 25.1 Å². The molecule has 1 saturated heterocycles. The smallest absolute Gasteiger partial charge is 0.226 e. The number of aromatic nitrogens is 2. The number of piperidine rings is 1. The van der Waals surface area contributed by atoms with Crippen LogP contribution in [0.25, 0.3) is 11.0 Å². The first-order valence-electron chi connectivity index (χ1n) is 10.3. The monoisotopic (exact) mass is 392 g/mol. The third-order valence-electron chi connectivity index (χ3n) is 5.51. The van der Waals surface area contributed by atoms with Crippen LogP contribution in [-0.2, 0) is 11.3 Å². The molecule has 152 valence electrons. The molecule has 1 aromatic heterocycles. The van der Waals surface area contributed by atoms with E-state index in [9.17, 15) is 4.79 Å². The van der Waals surface area contributed by atoms with Crippen LogP contribution in [0.4, 0.5) is 5.69 Å². The van der Waals surface area contributed by atoms with Gasteiger partial charge in [0.25, 0.3) is 0 Å². The Morgan fingerprint density at radius 3 is 2.62 bits per heavy atom. The number of ether oxygens (including phenoxy) is 1. The second-order valence-corrected chi connectivity index (χ2v) is 7.74. The van der Waals surface area contributed by atoms with Crippen molar-refractivity contribution in [1.29, 1.82) is 0 Å². The minimum absolute atomic E-state index is 0.00818. The highest BCUT2D eigenvalue weighted by atomic mass is 16.5. The number of carbonyl (C=O) groups is 1. The van der Waals surface area contributed by atoms with Crippen LogP contribution in [0.2, 0.25) is 0 Å². The van der Waals surface area contributed by atoms with Gasteiger partial charge in [0.2, 0.25) is 5.91 Å². The molecule has 0 bridgehead atoms. The molecule has 0 spiro atoms. The van der Waals surface area contributed by atoms with Gasteiger partial charge in [-0.25, -0.2) is 4.98 Å². The molecule has 29 heavy (non-hydrogen) atoms. The predicted molar refractivity (Wildman–Crippen MR) is 115 cm³/mol. The van der Waals surface area contributed by atoms with Gasteiger partial charge in [0.15, 0.2) is 0 Å². The third kappa shape index (κ3) is 4.77. The fraction of sp³-hybridized carbons (Fsp3) is 0.391. The second-order valence-electron chi connectivity index (χ2n) is 7.74. The molecule has 3 aromatic rings. The first kappa shape index (κ1) is 19.5. The first-order chi connectivity index (χ1) is 14.1. The number of likely N-dealkylation sites (tertiary alicyclic amines) is 1. The summed E-state index contributed by atoms with van der Waals surface area (Å²) in [5, 5.41) is 2.97. The maximum absolute atomic E-state index is 12.4. The molecule has 1 fully saturated rings. The van der Waals surface area contributed by atoms with Crippen LogP contribution in [0.3, 0.4) is 0 Å². The fourth-order valence-corrected chi connectivity index (χ4v) is 3.83. The molecule has 4 rings (SSSR count). The van der Waals surface area contributed by atoms with Crippen molar-refractivity contribution >= 4 is 22.6 Å². The number of imidazole rings is 1. The molecule has 0 unspecified atom stereocenters. The average Bonchev–Trinajstić information content (AvgIpc) is 3.04. The number of rotatable bonds is 6. The Balaban J connectivity index is 1.30. The lowest BCUT2D eigenvalue weighted by Crippen LogP contribution is -2.35. The van der Waals surface area contributed by atoms with Crippen molar-refractivity contribution < 1.29 is 9.53 Å². The van der Waals surface area contributed by atoms with E-state index < -0.39 is 0 Å². The Morgan fingerprint density at radius 1 is 1.14 bits per heavy atom. The third-order valence-corrected chi connectivity index (χ3v) is 5.51. The minimum Gasteiger partial charge on any atom is -0.490 e. The zero-order chi connectivity index (χ0) is 20.2. The van der Waals surface area contributed by atoms with E-state index in [1.165, 1.54) is 0 Å². The highest BCUT2D eigenvalue weighted by Crippen LogP contribution is 2.21. The largest absolute Gasteiger partial charge is 0.490 e. The van der Waals surface area contributed by atoms with Crippen molar-refractivity contribution in [2.45, 2.75) is 38.8 Å². The summed E-state index contributed by atoms with van der Waals surface area (Å²) in [7, 11) is 2.14.